The topological polar surface area (TPSA) is 49.3 Å². The van der Waals surface area contributed by atoms with Crippen molar-refractivity contribution in [2.24, 2.45) is 0 Å². The average molecular weight is 203 g/mol. The van der Waals surface area contributed by atoms with Crippen LogP contribution in [0, 0.1) is 0 Å². The van der Waals surface area contributed by atoms with Crippen LogP contribution < -0.4 is 5.32 Å². The first-order valence-corrected chi connectivity index (χ1v) is 5.52. The smallest absolute Gasteiger partial charge is 0.319 e. The lowest BCUT2D eigenvalue weighted by molar-refractivity contribution is -0.138. The van der Waals surface area contributed by atoms with Gasteiger partial charge in [-0.15, -0.1) is 11.8 Å². The van der Waals surface area contributed by atoms with Gasteiger partial charge in [0.25, 0.3) is 0 Å². The molecule has 0 unspecified atom stereocenters. The van der Waals surface area contributed by atoms with Gasteiger partial charge >= 0.3 is 5.97 Å². The van der Waals surface area contributed by atoms with Gasteiger partial charge in [0.1, 0.15) is 4.75 Å². The van der Waals surface area contributed by atoms with Gasteiger partial charge in [-0.3, -0.25) is 4.79 Å². The lowest BCUT2D eigenvalue weighted by Gasteiger charge is -2.28. The van der Waals surface area contributed by atoms with E-state index in [-0.39, 0.29) is 0 Å². The highest BCUT2D eigenvalue weighted by Gasteiger charge is 2.31. The van der Waals surface area contributed by atoms with Crippen LogP contribution in [0.15, 0.2) is 0 Å². The highest BCUT2D eigenvalue weighted by molar-refractivity contribution is 8.01. The molecule has 1 rings (SSSR count). The molecule has 1 aliphatic heterocycles. The first kappa shape index (κ1) is 10.9. The molecule has 0 bridgehead atoms. The maximum Gasteiger partial charge on any atom is 0.319 e. The molecule has 1 saturated heterocycles. The van der Waals surface area contributed by atoms with Crippen molar-refractivity contribution in [3.63, 3.8) is 0 Å². The number of carboxylic acid groups (broad SMARTS) is 1. The molecule has 0 amide bonds. The number of carboxylic acids is 1. The van der Waals surface area contributed by atoms with E-state index in [4.69, 9.17) is 5.11 Å². The Morgan fingerprint density at radius 3 is 2.46 bits per heavy atom. The molecular formula is C9H17NO2S. The van der Waals surface area contributed by atoms with Crippen molar-refractivity contribution in [3.05, 3.63) is 0 Å². The van der Waals surface area contributed by atoms with Crippen molar-refractivity contribution in [1.29, 1.82) is 0 Å². The molecule has 1 aliphatic rings. The second kappa shape index (κ2) is 4.33. The van der Waals surface area contributed by atoms with E-state index in [0.717, 1.165) is 25.9 Å². The minimum atomic E-state index is -0.712. The highest BCUT2D eigenvalue weighted by Crippen LogP contribution is 2.33. The molecule has 0 aliphatic carbocycles. The SMILES string of the molecule is CC(C)(SC1CCNCC1)C(=O)O. The normalized spacial score (nSPS) is 20.2. The number of nitrogens with one attached hydrogen (secondary N) is 1. The van der Waals surface area contributed by atoms with Gasteiger partial charge in [-0.1, -0.05) is 0 Å². The monoisotopic (exact) mass is 203 g/mol. The van der Waals surface area contributed by atoms with E-state index in [1.54, 1.807) is 25.6 Å². The number of hydrogen-bond acceptors (Lipinski definition) is 3. The molecular weight excluding hydrogens is 186 g/mol. The van der Waals surface area contributed by atoms with Crippen LogP contribution in [-0.4, -0.2) is 34.2 Å². The van der Waals surface area contributed by atoms with Gasteiger partial charge in [0.15, 0.2) is 0 Å². The zero-order valence-electron chi connectivity index (χ0n) is 8.17. The lowest BCUT2D eigenvalue weighted by atomic mass is 10.2. The summed E-state index contributed by atoms with van der Waals surface area (Å²) in [6, 6.07) is 0. The Bertz CT molecular complexity index is 188. The largest absolute Gasteiger partial charge is 0.480 e. The van der Waals surface area contributed by atoms with E-state index in [1.807, 2.05) is 0 Å². The number of hydrogen-bond donors (Lipinski definition) is 2. The first-order valence-electron chi connectivity index (χ1n) is 4.64. The quantitative estimate of drug-likeness (QED) is 0.726. The van der Waals surface area contributed by atoms with Gasteiger partial charge < -0.3 is 10.4 Å². The molecule has 13 heavy (non-hydrogen) atoms. The number of piperidine rings is 1. The third kappa shape index (κ3) is 3.19. The molecule has 0 aromatic heterocycles. The summed E-state index contributed by atoms with van der Waals surface area (Å²) in [6.07, 6.45) is 2.17. The Balaban J connectivity index is 2.41. The average Bonchev–Trinajstić information content (AvgIpc) is 2.05. The van der Waals surface area contributed by atoms with Crippen LogP contribution >= 0.6 is 11.8 Å². The van der Waals surface area contributed by atoms with Crippen molar-refractivity contribution in [1.82, 2.24) is 5.32 Å². The second-order valence-corrected chi connectivity index (χ2v) is 5.81. The van der Waals surface area contributed by atoms with Crippen molar-refractivity contribution in [2.45, 2.75) is 36.7 Å². The van der Waals surface area contributed by atoms with Crippen LogP contribution in [0.5, 0.6) is 0 Å². The van der Waals surface area contributed by atoms with Crippen molar-refractivity contribution >= 4 is 17.7 Å². The van der Waals surface area contributed by atoms with Gasteiger partial charge in [-0.2, -0.15) is 0 Å². The van der Waals surface area contributed by atoms with Crippen LogP contribution in [0.4, 0.5) is 0 Å². The van der Waals surface area contributed by atoms with Crippen LogP contribution in [0.3, 0.4) is 0 Å². The maximum absolute atomic E-state index is 10.9. The molecule has 3 nitrogen and oxygen atoms in total. The van der Waals surface area contributed by atoms with E-state index < -0.39 is 10.7 Å². The molecule has 0 spiro atoms. The van der Waals surface area contributed by atoms with Gasteiger partial charge in [0, 0.05) is 5.25 Å². The predicted molar refractivity (Wildman–Crippen MR) is 55.2 cm³/mol. The van der Waals surface area contributed by atoms with E-state index in [1.165, 1.54) is 0 Å². The fourth-order valence-corrected chi connectivity index (χ4v) is 2.79. The first-order chi connectivity index (χ1) is 6.02. The maximum atomic E-state index is 10.9. The third-order valence-corrected chi connectivity index (χ3v) is 3.83. The second-order valence-electron chi connectivity index (χ2n) is 3.88. The molecule has 0 atom stereocenters. The fourth-order valence-electron chi connectivity index (χ4n) is 1.38. The van der Waals surface area contributed by atoms with Crippen LogP contribution in [0.1, 0.15) is 26.7 Å². The predicted octanol–water partition coefficient (Wildman–Crippen LogP) is 1.33. The minimum Gasteiger partial charge on any atom is -0.480 e. The van der Waals surface area contributed by atoms with E-state index in [0.29, 0.717) is 5.25 Å². The molecule has 1 fully saturated rings. The molecule has 0 aromatic rings. The fraction of sp³-hybridized carbons (Fsp3) is 0.889. The highest BCUT2D eigenvalue weighted by atomic mass is 32.2. The Hall–Kier alpha value is -0.220. The molecule has 0 radical (unpaired) electrons. The van der Waals surface area contributed by atoms with Crippen LogP contribution in [0.2, 0.25) is 0 Å². The molecule has 1 heterocycles. The van der Waals surface area contributed by atoms with Crippen molar-refractivity contribution in [3.8, 4) is 0 Å². The molecule has 2 N–H and O–H groups in total. The number of carbonyl (C=O) groups is 1. The van der Waals surface area contributed by atoms with E-state index in [2.05, 4.69) is 5.32 Å². The van der Waals surface area contributed by atoms with Crippen LogP contribution in [-0.2, 0) is 4.79 Å². The Morgan fingerprint density at radius 1 is 1.46 bits per heavy atom. The van der Waals surface area contributed by atoms with Crippen molar-refractivity contribution < 1.29 is 9.90 Å². The molecule has 0 aromatic carbocycles. The van der Waals surface area contributed by atoms with Gasteiger partial charge in [0.05, 0.1) is 0 Å². The lowest BCUT2D eigenvalue weighted by Crippen LogP contribution is -2.35. The molecule has 76 valence electrons. The summed E-state index contributed by atoms with van der Waals surface area (Å²) < 4.78 is -0.637. The Labute approximate surface area is 83.3 Å². The minimum absolute atomic E-state index is 0.507. The van der Waals surface area contributed by atoms with Gasteiger partial charge in [-0.05, 0) is 39.8 Å². The number of thioether (sulfide) groups is 1. The number of aliphatic carboxylic acids is 1. The summed E-state index contributed by atoms with van der Waals surface area (Å²) in [7, 11) is 0. The summed E-state index contributed by atoms with van der Waals surface area (Å²) in [5.41, 5.74) is 0. The van der Waals surface area contributed by atoms with Crippen molar-refractivity contribution in [2.75, 3.05) is 13.1 Å². The standard InChI is InChI=1S/C9H17NO2S/c1-9(2,8(11)12)13-7-3-5-10-6-4-7/h7,10H,3-6H2,1-2H3,(H,11,12). The summed E-state index contributed by atoms with van der Waals surface area (Å²) in [5.74, 6) is -0.712. The third-order valence-electron chi connectivity index (χ3n) is 2.26. The van der Waals surface area contributed by atoms with Crippen LogP contribution in [0.25, 0.3) is 0 Å². The summed E-state index contributed by atoms with van der Waals surface area (Å²) in [5, 5.41) is 12.7. The summed E-state index contributed by atoms with van der Waals surface area (Å²) in [6.45, 7) is 5.60. The summed E-state index contributed by atoms with van der Waals surface area (Å²) >= 11 is 1.59. The number of rotatable bonds is 3. The Kier molecular flexibility index (Phi) is 3.62. The van der Waals surface area contributed by atoms with Gasteiger partial charge in [-0.25, -0.2) is 0 Å². The molecule has 4 heteroatoms. The van der Waals surface area contributed by atoms with E-state index in [9.17, 15) is 4.79 Å². The van der Waals surface area contributed by atoms with Gasteiger partial charge in [0.2, 0.25) is 0 Å². The summed E-state index contributed by atoms with van der Waals surface area (Å²) in [4.78, 5) is 10.9. The Morgan fingerprint density at radius 2 is 2.00 bits per heavy atom. The molecule has 0 saturated carbocycles. The zero-order chi connectivity index (χ0) is 9.90. The van der Waals surface area contributed by atoms with E-state index >= 15 is 0 Å². The zero-order valence-corrected chi connectivity index (χ0v) is 8.99.